The van der Waals surface area contributed by atoms with Gasteiger partial charge in [-0.1, -0.05) is 79.8 Å². The number of ether oxygens (including phenoxy) is 1. The Hall–Kier alpha value is -3.41. The van der Waals surface area contributed by atoms with Gasteiger partial charge < -0.3 is 15.0 Å². The fourth-order valence-corrected chi connectivity index (χ4v) is 4.02. The number of hydrogen-bond acceptors (Lipinski definition) is 4. The minimum Gasteiger partial charge on any atom is -0.466 e. The SMILES string of the molecule is CC/C=C\C/C=C\C/C=C\C/C=C\C/C=C\C/C=C\CCC(=O)N1CCCCC1CNC(=O)C=CC(=O)OC. The van der Waals surface area contributed by atoms with Gasteiger partial charge in [0.1, 0.15) is 0 Å². The van der Waals surface area contributed by atoms with E-state index in [-0.39, 0.29) is 17.9 Å². The summed E-state index contributed by atoms with van der Waals surface area (Å²) in [5.41, 5.74) is 0. The Kier molecular flexibility index (Phi) is 20.4. The van der Waals surface area contributed by atoms with Crippen LogP contribution in [0.5, 0.6) is 0 Å². The molecule has 39 heavy (non-hydrogen) atoms. The molecular weight excluding hydrogens is 488 g/mol. The highest BCUT2D eigenvalue weighted by atomic mass is 16.5. The van der Waals surface area contributed by atoms with Crippen molar-refractivity contribution in [3.05, 3.63) is 85.1 Å². The first-order valence-corrected chi connectivity index (χ1v) is 14.3. The molecule has 0 bridgehead atoms. The number of methoxy groups -OCH3 is 1. The number of piperidine rings is 1. The van der Waals surface area contributed by atoms with E-state index in [9.17, 15) is 14.4 Å². The van der Waals surface area contributed by atoms with Gasteiger partial charge >= 0.3 is 5.97 Å². The number of esters is 1. The minimum atomic E-state index is -0.575. The normalized spacial score (nSPS) is 16.8. The zero-order valence-electron chi connectivity index (χ0n) is 23.9. The third-order valence-electron chi connectivity index (χ3n) is 6.15. The number of rotatable bonds is 18. The van der Waals surface area contributed by atoms with Gasteiger partial charge in [0.25, 0.3) is 0 Å². The summed E-state index contributed by atoms with van der Waals surface area (Å²) in [5.74, 6) is -0.816. The maximum Gasteiger partial charge on any atom is 0.330 e. The second-order valence-electron chi connectivity index (χ2n) is 9.29. The van der Waals surface area contributed by atoms with Crippen LogP contribution in [0, 0.1) is 0 Å². The van der Waals surface area contributed by atoms with Crippen molar-refractivity contribution in [1.29, 1.82) is 0 Å². The highest BCUT2D eigenvalue weighted by molar-refractivity contribution is 5.94. The summed E-state index contributed by atoms with van der Waals surface area (Å²) in [6.07, 6.45) is 38.2. The first-order chi connectivity index (χ1) is 19.1. The number of carbonyl (C=O) groups excluding carboxylic acids is 3. The number of hydrogen-bond donors (Lipinski definition) is 1. The first kappa shape index (κ1) is 33.6. The fraction of sp³-hybridized carbons (Fsp3) is 0.485. The lowest BCUT2D eigenvalue weighted by Crippen LogP contribution is -2.49. The molecule has 0 aromatic rings. The highest BCUT2D eigenvalue weighted by Gasteiger charge is 2.26. The largest absolute Gasteiger partial charge is 0.466 e. The number of nitrogens with zero attached hydrogens (tertiary/aromatic N) is 1. The molecule has 0 saturated carbocycles. The van der Waals surface area contributed by atoms with Crippen molar-refractivity contribution in [2.24, 2.45) is 0 Å². The van der Waals surface area contributed by atoms with Crippen molar-refractivity contribution < 1.29 is 19.1 Å². The van der Waals surface area contributed by atoms with Crippen LogP contribution in [-0.4, -0.2) is 48.9 Å². The Morgan fingerprint density at radius 3 is 1.85 bits per heavy atom. The highest BCUT2D eigenvalue weighted by Crippen LogP contribution is 2.18. The van der Waals surface area contributed by atoms with Crippen LogP contribution in [0.1, 0.15) is 77.6 Å². The molecule has 1 aliphatic heterocycles. The van der Waals surface area contributed by atoms with Crippen LogP contribution >= 0.6 is 0 Å². The van der Waals surface area contributed by atoms with E-state index in [2.05, 4.69) is 89.9 Å². The summed E-state index contributed by atoms with van der Waals surface area (Å²) in [5, 5.41) is 2.78. The van der Waals surface area contributed by atoms with Crippen LogP contribution in [0.15, 0.2) is 85.1 Å². The van der Waals surface area contributed by atoms with E-state index < -0.39 is 5.97 Å². The summed E-state index contributed by atoms with van der Waals surface area (Å²) >= 11 is 0. The smallest absolute Gasteiger partial charge is 0.330 e. The number of nitrogens with one attached hydrogen (secondary N) is 1. The van der Waals surface area contributed by atoms with Crippen molar-refractivity contribution >= 4 is 17.8 Å². The number of amides is 2. The van der Waals surface area contributed by atoms with E-state index in [1.165, 1.54) is 7.11 Å². The summed E-state index contributed by atoms with van der Waals surface area (Å²) in [7, 11) is 1.26. The summed E-state index contributed by atoms with van der Waals surface area (Å²) in [6, 6.07) is -0.00741. The molecule has 1 fully saturated rings. The van der Waals surface area contributed by atoms with Crippen LogP contribution in [0.4, 0.5) is 0 Å². The van der Waals surface area contributed by atoms with Gasteiger partial charge in [0.2, 0.25) is 11.8 Å². The predicted molar refractivity (Wildman–Crippen MR) is 161 cm³/mol. The summed E-state index contributed by atoms with van der Waals surface area (Å²) in [6.45, 7) is 3.26. The van der Waals surface area contributed by atoms with Crippen molar-refractivity contribution in [2.45, 2.75) is 83.6 Å². The molecule has 6 nitrogen and oxygen atoms in total. The van der Waals surface area contributed by atoms with Gasteiger partial charge in [0.15, 0.2) is 0 Å². The van der Waals surface area contributed by atoms with E-state index in [1.807, 2.05) is 4.90 Å². The Morgan fingerprint density at radius 1 is 0.769 bits per heavy atom. The molecule has 1 rings (SSSR count). The maximum atomic E-state index is 12.8. The standard InChI is InChI=1S/C33H48N2O4/c1-3-4-5-6-7-8-9-10-11-12-13-14-15-16-17-18-19-20-21-25-32(37)35-28-23-22-24-30(35)29-34-31(36)26-27-33(38)39-2/h4-5,7-8,10-11,13-14,16-17,19-20,26-27,30H,3,6,9,12,15,18,21-25,28-29H2,1-2H3,(H,34,36)/b5-4-,8-7-,11-10-,14-13-,17-16-,20-19-,27-26?. The maximum absolute atomic E-state index is 12.8. The van der Waals surface area contributed by atoms with E-state index in [1.54, 1.807) is 0 Å². The van der Waals surface area contributed by atoms with Crippen molar-refractivity contribution in [2.75, 3.05) is 20.2 Å². The average molecular weight is 537 g/mol. The molecule has 1 saturated heterocycles. The zero-order chi connectivity index (χ0) is 28.4. The Morgan fingerprint density at radius 2 is 1.31 bits per heavy atom. The third kappa shape index (κ3) is 18.5. The fourth-order valence-electron chi connectivity index (χ4n) is 4.02. The van der Waals surface area contributed by atoms with Crippen LogP contribution in [0.3, 0.4) is 0 Å². The van der Waals surface area contributed by atoms with E-state index in [0.717, 1.165) is 76.5 Å². The molecule has 0 aromatic heterocycles. The number of likely N-dealkylation sites (tertiary alicyclic amines) is 1. The zero-order valence-corrected chi connectivity index (χ0v) is 23.9. The quantitative estimate of drug-likeness (QED) is 0.120. The lowest BCUT2D eigenvalue weighted by Gasteiger charge is -2.36. The molecule has 0 aliphatic carbocycles. The van der Waals surface area contributed by atoms with Gasteiger partial charge in [-0.15, -0.1) is 0 Å². The Balaban J connectivity index is 2.19. The third-order valence-corrected chi connectivity index (χ3v) is 6.15. The lowest BCUT2D eigenvalue weighted by molar-refractivity contribution is -0.135. The number of allylic oxidation sites excluding steroid dienone is 12. The van der Waals surface area contributed by atoms with Gasteiger partial charge in [0.05, 0.1) is 7.11 Å². The molecule has 1 atom stereocenters. The van der Waals surface area contributed by atoms with Gasteiger partial charge in [-0.25, -0.2) is 4.79 Å². The second-order valence-corrected chi connectivity index (χ2v) is 9.29. The molecule has 214 valence electrons. The van der Waals surface area contributed by atoms with E-state index >= 15 is 0 Å². The first-order valence-electron chi connectivity index (χ1n) is 14.3. The molecule has 1 N–H and O–H groups in total. The van der Waals surface area contributed by atoms with Gasteiger partial charge in [0, 0.05) is 37.7 Å². The van der Waals surface area contributed by atoms with Crippen LogP contribution in [-0.2, 0) is 19.1 Å². The molecular formula is C33H48N2O4. The summed E-state index contributed by atoms with van der Waals surface area (Å²) < 4.78 is 4.48. The molecule has 6 heteroatoms. The lowest BCUT2D eigenvalue weighted by atomic mass is 10.0. The predicted octanol–water partition coefficient (Wildman–Crippen LogP) is 6.69. The molecule has 1 unspecified atom stereocenters. The van der Waals surface area contributed by atoms with Gasteiger partial charge in [-0.05, 0) is 64.2 Å². The Bertz CT molecular complexity index is 909. The monoisotopic (exact) mass is 536 g/mol. The molecule has 0 spiro atoms. The van der Waals surface area contributed by atoms with Crippen molar-refractivity contribution in [3.8, 4) is 0 Å². The molecule has 0 aromatic carbocycles. The van der Waals surface area contributed by atoms with Gasteiger partial charge in [-0.3, -0.25) is 9.59 Å². The minimum absolute atomic E-state index is 0.00741. The van der Waals surface area contributed by atoms with E-state index in [0.29, 0.717) is 19.4 Å². The van der Waals surface area contributed by atoms with Crippen LogP contribution in [0.25, 0.3) is 0 Å². The topological polar surface area (TPSA) is 75.7 Å². The summed E-state index contributed by atoms with van der Waals surface area (Å²) in [4.78, 5) is 37.7. The van der Waals surface area contributed by atoms with Crippen LogP contribution in [0.2, 0.25) is 0 Å². The number of carbonyl (C=O) groups is 3. The molecule has 2 amide bonds. The molecule has 1 aliphatic rings. The van der Waals surface area contributed by atoms with Gasteiger partial charge in [-0.2, -0.15) is 0 Å². The van der Waals surface area contributed by atoms with E-state index in [4.69, 9.17) is 0 Å². The molecule has 1 heterocycles. The average Bonchev–Trinajstić information content (AvgIpc) is 2.95. The molecule has 0 radical (unpaired) electrons. The second kappa shape index (κ2) is 23.7. The van der Waals surface area contributed by atoms with Crippen molar-refractivity contribution in [3.63, 3.8) is 0 Å². The Labute approximate surface area is 235 Å². The van der Waals surface area contributed by atoms with Crippen molar-refractivity contribution in [1.82, 2.24) is 10.2 Å². The van der Waals surface area contributed by atoms with Crippen LogP contribution < -0.4 is 5.32 Å².